The average Bonchev–Trinajstić information content (AvgIpc) is 3.14. The van der Waals surface area contributed by atoms with Crippen LogP contribution < -0.4 is 0 Å². The lowest BCUT2D eigenvalue weighted by Gasteiger charge is -2.12. The van der Waals surface area contributed by atoms with Crippen LogP contribution in [0.15, 0.2) is 146 Å². The molecule has 5 aromatic carbocycles. The van der Waals surface area contributed by atoms with Crippen LogP contribution in [0.4, 0.5) is 0 Å². The summed E-state index contributed by atoms with van der Waals surface area (Å²) in [5.74, 6) is 1.89. The standard InChI is InChI=1S/C40H24N6/c1-3-10-27(11-4-1)38-44-39(28-12-5-2-6-13-28)46-40(45-38)29-20-17-26(18-21-29)34-31-15-7-8-16-32(31)37-33(42-34)24-30-22-19-25-14-9-23-41-35(25)36(30)43-37/h1-24H. The van der Waals surface area contributed by atoms with Gasteiger partial charge in [-0.1, -0.05) is 127 Å². The first-order valence-electron chi connectivity index (χ1n) is 15.1. The molecule has 0 aliphatic rings. The van der Waals surface area contributed by atoms with Crippen LogP contribution in [0.25, 0.3) is 89.0 Å². The lowest BCUT2D eigenvalue weighted by atomic mass is 10.0. The molecule has 0 radical (unpaired) electrons. The Balaban J connectivity index is 1.18. The van der Waals surface area contributed by atoms with E-state index in [1.54, 1.807) is 0 Å². The van der Waals surface area contributed by atoms with E-state index in [0.29, 0.717) is 17.5 Å². The Labute approximate surface area is 264 Å². The molecule has 0 fully saturated rings. The van der Waals surface area contributed by atoms with Crippen LogP contribution >= 0.6 is 0 Å². The molecule has 0 N–H and O–H groups in total. The number of aromatic nitrogens is 6. The second kappa shape index (κ2) is 10.6. The minimum atomic E-state index is 0.618. The van der Waals surface area contributed by atoms with Crippen molar-refractivity contribution in [1.29, 1.82) is 0 Å². The maximum absolute atomic E-state index is 5.19. The molecule has 0 amide bonds. The molecule has 9 rings (SSSR count). The zero-order chi connectivity index (χ0) is 30.5. The molecule has 0 aliphatic heterocycles. The van der Waals surface area contributed by atoms with Gasteiger partial charge in [0.15, 0.2) is 17.5 Å². The lowest BCUT2D eigenvalue weighted by molar-refractivity contribution is 1.07. The lowest BCUT2D eigenvalue weighted by Crippen LogP contribution is -2.00. The molecule has 0 unspecified atom stereocenters. The summed E-state index contributed by atoms with van der Waals surface area (Å²) in [5.41, 5.74) is 8.19. The van der Waals surface area contributed by atoms with Gasteiger partial charge in [0.2, 0.25) is 0 Å². The van der Waals surface area contributed by atoms with Gasteiger partial charge in [0.1, 0.15) is 0 Å². The van der Waals surface area contributed by atoms with E-state index in [4.69, 9.17) is 24.9 Å². The topological polar surface area (TPSA) is 77.3 Å². The van der Waals surface area contributed by atoms with Crippen LogP contribution in [0.2, 0.25) is 0 Å². The minimum absolute atomic E-state index is 0.618. The second-order valence-corrected chi connectivity index (χ2v) is 11.2. The van der Waals surface area contributed by atoms with Crippen molar-refractivity contribution in [3.8, 4) is 45.4 Å². The number of hydrogen-bond acceptors (Lipinski definition) is 6. The van der Waals surface area contributed by atoms with Crippen molar-refractivity contribution >= 4 is 43.6 Å². The van der Waals surface area contributed by atoms with Gasteiger partial charge in [0.25, 0.3) is 0 Å². The monoisotopic (exact) mass is 588 g/mol. The van der Waals surface area contributed by atoms with Gasteiger partial charge in [-0.2, -0.15) is 0 Å². The largest absolute Gasteiger partial charge is 0.254 e. The predicted molar refractivity (Wildman–Crippen MR) is 185 cm³/mol. The zero-order valence-corrected chi connectivity index (χ0v) is 24.5. The predicted octanol–water partition coefficient (Wildman–Crippen LogP) is 9.34. The molecule has 9 aromatic rings. The fourth-order valence-electron chi connectivity index (χ4n) is 6.06. The second-order valence-electron chi connectivity index (χ2n) is 11.2. The van der Waals surface area contributed by atoms with Crippen LogP contribution in [-0.4, -0.2) is 29.9 Å². The van der Waals surface area contributed by atoms with Crippen molar-refractivity contribution in [2.24, 2.45) is 0 Å². The van der Waals surface area contributed by atoms with Gasteiger partial charge in [0, 0.05) is 50.0 Å². The highest BCUT2D eigenvalue weighted by molar-refractivity contribution is 6.14. The van der Waals surface area contributed by atoms with Crippen LogP contribution in [0.1, 0.15) is 0 Å². The van der Waals surface area contributed by atoms with E-state index in [9.17, 15) is 0 Å². The maximum Gasteiger partial charge on any atom is 0.164 e. The zero-order valence-electron chi connectivity index (χ0n) is 24.5. The fraction of sp³-hybridized carbons (Fsp3) is 0. The van der Waals surface area contributed by atoms with Gasteiger partial charge in [0.05, 0.1) is 27.8 Å². The number of hydrogen-bond donors (Lipinski definition) is 0. The van der Waals surface area contributed by atoms with Gasteiger partial charge in [-0.05, 0) is 12.1 Å². The molecule has 46 heavy (non-hydrogen) atoms. The number of nitrogens with zero attached hydrogens (tertiary/aromatic N) is 6. The Hall–Kier alpha value is -6.40. The third kappa shape index (κ3) is 4.43. The van der Waals surface area contributed by atoms with Crippen molar-refractivity contribution < 1.29 is 0 Å². The van der Waals surface area contributed by atoms with E-state index in [0.717, 1.165) is 71.6 Å². The summed E-state index contributed by atoms with van der Waals surface area (Å²) in [6.07, 6.45) is 1.82. The van der Waals surface area contributed by atoms with Gasteiger partial charge in [-0.25, -0.2) is 24.9 Å². The van der Waals surface area contributed by atoms with Gasteiger partial charge < -0.3 is 0 Å². The molecule has 214 valence electrons. The summed E-state index contributed by atoms with van der Waals surface area (Å²) in [6, 6.07) is 47.0. The summed E-state index contributed by atoms with van der Waals surface area (Å²) >= 11 is 0. The van der Waals surface area contributed by atoms with E-state index < -0.39 is 0 Å². The maximum atomic E-state index is 5.19. The molecule has 0 atom stereocenters. The number of rotatable bonds is 4. The molecule has 6 nitrogen and oxygen atoms in total. The Morgan fingerprint density at radius 2 is 0.913 bits per heavy atom. The van der Waals surface area contributed by atoms with Crippen molar-refractivity contribution in [2.75, 3.05) is 0 Å². The van der Waals surface area contributed by atoms with Crippen LogP contribution in [-0.2, 0) is 0 Å². The highest BCUT2D eigenvalue weighted by Crippen LogP contribution is 2.35. The Kier molecular flexibility index (Phi) is 6.03. The average molecular weight is 589 g/mol. The Morgan fingerprint density at radius 1 is 0.348 bits per heavy atom. The molecule has 4 heterocycles. The van der Waals surface area contributed by atoms with Crippen molar-refractivity contribution in [3.63, 3.8) is 0 Å². The number of pyridine rings is 3. The number of fused-ring (bicyclic) bond motifs is 6. The Morgan fingerprint density at radius 3 is 1.59 bits per heavy atom. The van der Waals surface area contributed by atoms with Crippen molar-refractivity contribution in [2.45, 2.75) is 0 Å². The quantitative estimate of drug-likeness (QED) is 0.151. The van der Waals surface area contributed by atoms with E-state index in [1.165, 1.54) is 0 Å². The summed E-state index contributed by atoms with van der Waals surface area (Å²) < 4.78 is 0. The first-order chi connectivity index (χ1) is 22.8. The highest BCUT2D eigenvalue weighted by Gasteiger charge is 2.16. The molecule has 0 saturated heterocycles. The van der Waals surface area contributed by atoms with Crippen LogP contribution in [0.3, 0.4) is 0 Å². The summed E-state index contributed by atoms with van der Waals surface area (Å²) in [6.45, 7) is 0. The van der Waals surface area contributed by atoms with Crippen LogP contribution in [0, 0.1) is 0 Å². The fourth-order valence-corrected chi connectivity index (χ4v) is 6.06. The molecule has 0 bridgehead atoms. The highest BCUT2D eigenvalue weighted by atomic mass is 15.0. The van der Waals surface area contributed by atoms with E-state index >= 15 is 0 Å². The Bertz CT molecular complexity index is 2510. The third-order valence-electron chi connectivity index (χ3n) is 8.32. The first kappa shape index (κ1) is 26.0. The third-order valence-corrected chi connectivity index (χ3v) is 8.32. The van der Waals surface area contributed by atoms with Gasteiger partial charge >= 0.3 is 0 Å². The molecule has 0 aliphatic carbocycles. The summed E-state index contributed by atoms with van der Waals surface area (Å²) in [4.78, 5) is 29.6. The first-order valence-corrected chi connectivity index (χ1v) is 15.1. The van der Waals surface area contributed by atoms with Gasteiger partial charge in [-0.15, -0.1) is 0 Å². The van der Waals surface area contributed by atoms with E-state index in [2.05, 4.69) is 71.7 Å². The van der Waals surface area contributed by atoms with Gasteiger partial charge in [-0.3, -0.25) is 4.98 Å². The summed E-state index contributed by atoms with van der Waals surface area (Å²) in [7, 11) is 0. The van der Waals surface area contributed by atoms with E-state index in [-0.39, 0.29) is 0 Å². The molecule has 0 spiro atoms. The van der Waals surface area contributed by atoms with Crippen LogP contribution in [0.5, 0.6) is 0 Å². The normalized spacial score (nSPS) is 11.5. The number of benzene rings is 5. The van der Waals surface area contributed by atoms with E-state index in [1.807, 2.05) is 79.0 Å². The van der Waals surface area contributed by atoms with Crippen molar-refractivity contribution in [1.82, 2.24) is 29.9 Å². The molecule has 6 heteroatoms. The van der Waals surface area contributed by atoms with Crippen molar-refractivity contribution in [3.05, 3.63) is 146 Å². The smallest absolute Gasteiger partial charge is 0.164 e. The molecular formula is C40H24N6. The summed E-state index contributed by atoms with van der Waals surface area (Å²) in [5, 5.41) is 4.18. The minimum Gasteiger partial charge on any atom is -0.254 e. The molecule has 4 aromatic heterocycles. The SMILES string of the molecule is c1ccc(-c2nc(-c3ccccc3)nc(-c3ccc(-c4nc5cc6ccc7cccnc7c6nc5c5ccccc45)cc3)n2)cc1. The molecule has 0 saturated carbocycles. The molecular weight excluding hydrogens is 564 g/mol.